The molecular formula is C17H11F3N6. The summed E-state index contributed by atoms with van der Waals surface area (Å²) in [5.74, 6) is 0.516. The summed E-state index contributed by atoms with van der Waals surface area (Å²) in [4.78, 5) is 4.19. The summed E-state index contributed by atoms with van der Waals surface area (Å²) in [6, 6.07) is 13.2. The summed E-state index contributed by atoms with van der Waals surface area (Å²) in [5.41, 5.74) is 0.889. The SMILES string of the molecule is N#Cc1ccc(Nc2nncc(Nc3ccc(C(F)(F)F)cc3)n2)cc1. The number of anilines is 4. The summed E-state index contributed by atoms with van der Waals surface area (Å²) in [6.45, 7) is 0. The summed E-state index contributed by atoms with van der Waals surface area (Å²) in [5, 5.41) is 22.2. The Bertz CT molecular complexity index is 930. The van der Waals surface area contributed by atoms with Crippen LogP contribution in [0.1, 0.15) is 11.1 Å². The quantitative estimate of drug-likeness (QED) is 0.727. The van der Waals surface area contributed by atoms with Crippen molar-refractivity contribution >= 4 is 23.1 Å². The Morgan fingerprint density at radius 3 is 2.12 bits per heavy atom. The maximum absolute atomic E-state index is 12.6. The molecule has 0 spiro atoms. The molecule has 1 heterocycles. The van der Waals surface area contributed by atoms with Crippen LogP contribution in [0.4, 0.5) is 36.3 Å². The van der Waals surface area contributed by atoms with E-state index in [-0.39, 0.29) is 5.95 Å². The Morgan fingerprint density at radius 2 is 1.50 bits per heavy atom. The number of nitriles is 1. The Morgan fingerprint density at radius 1 is 0.885 bits per heavy atom. The Hall–Kier alpha value is -3.67. The standard InChI is InChI=1S/C17H11F3N6/c18-17(19,20)12-3-7-13(8-4-12)23-15-10-22-26-16(25-15)24-14-5-1-11(9-21)2-6-14/h1-8,10H,(H2,23,24,25,26). The fraction of sp³-hybridized carbons (Fsp3) is 0.0588. The highest BCUT2D eigenvalue weighted by molar-refractivity contribution is 5.59. The molecule has 0 radical (unpaired) electrons. The van der Waals surface area contributed by atoms with E-state index in [2.05, 4.69) is 25.8 Å². The number of benzene rings is 2. The minimum absolute atomic E-state index is 0.201. The number of hydrogen-bond donors (Lipinski definition) is 2. The normalized spacial score (nSPS) is 10.8. The van der Waals surface area contributed by atoms with Gasteiger partial charge in [-0.05, 0) is 48.5 Å². The molecule has 2 aromatic carbocycles. The minimum Gasteiger partial charge on any atom is -0.339 e. The van der Waals surface area contributed by atoms with E-state index >= 15 is 0 Å². The number of nitrogens with zero attached hydrogens (tertiary/aromatic N) is 4. The fourth-order valence-corrected chi connectivity index (χ4v) is 2.06. The molecule has 1 aromatic heterocycles. The molecule has 0 amide bonds. The van der Waals surface area contributed by atoms with Crippen molar-refractivity contribution in [1.29, 1.82) is 5.26 Å². The van der Waals surface area contributed by atoms with E-state index in [9.17, 15) is 13.2 Å². The molecule has 26 heavy (non-hydrogen) atoms. The molecule has 2 N–H and O–H groups in total. The van der Waals surface area contributed by atoms with Crippen LogP contribution < -0.4 is 10.6 Å². The van der Waals surface area contributed by atoms with Crippen molar-refractivity contribution in [2.24, 2.45) is 0 Å². The first kappa shape index (κ1) is 17.2. The van der Waals surface area contributed by atoms with Gasteiger partial charge in [0.25, 0.3) is 0 Å². The van der Waals surface area contributed by atoms with Gasteiger partial charge in [-0.2, -0.15) is 28.5 Å². The van der Waals surface area contributed by atoms with Crippen molar-refractivity contribution in [3.63, 3.8) is 0 Å². The summed E-state index contributed by atoms with van der Waals surface area (Å²) < 4.78 is 37.7. The van der Waals surface area contributed by atoms with E-state index in [1.54, 1.807) is 24.3 Å². The number of nitrogens with one attached hydrogen (secondary N) is 2. The number of hydrogen-bond acceptors (Lipinski definition) is 6. The van der Waals surface area contributed by atoms with E-state index in [1.807, 2.05) is 6.07 Å². The third-order valence-electron chi connectivity index (χ3n) is 3.31. The van der Waals surface area contributed by atoms with E-state index in [0.717, 1.165) is 12.1 Å². The average molecular weight is 356 g/mol. The number of rotatable bonds is 4. The van der Waals surface area contributed by atoms with Crippen LogP contribution in [-0.4, -0.2) is 15.2 Å². The molecule has 3 rings (SSSR count). The molecule has 0 unspecified atom stereocenters. The third kappa shape index (κ3) is 4.24. The van der Waals surface area contributed by atoms with Crippen molar-refractivity contribution < 1.29 is 13.2 Å². The highest BCUT2D eigenvalue weighted by Crippen LogP contribution is 2.30. The summed E-state index contributed by atoms with van der Waals surface area (Å²) in [7, 11) is 0. The molecule has 9 heteroatoms. The molecule has 0 atom stereocenters. The van der Waals surface area contributed by atoms with Crippen molar-refractivity contribution in [3.05, 3.63) is 65.9 Å². The Kier molecular flexibility index (Phi) is 4.66. The molecule has 130 valence electrons. The summed E-state index contributed by atoms with van der Waals surface area (Å²) >= 11 is 0. The molecule has 0 saturated heterocycles. The van der Waals surface area contributed by atoms with Gasteiger partial charge in [0.15, 0.2) is 5.82 Å². The number of aromatic nitrogens is 3. The van der Waals surface area contributed by atoms with Gasteiger partial charge in [-0.3, -0.25) is 0 Å². The van der Waals surface area contributed by atoms with Gasteiger partial charge in [-0.15, -0.1) is 5.10 Å². The molecular weight excluding hydrogens is 345 g/mol. The smallest absolute Gasteiger partial charge is 0.339 e. The van der Waals surface area contributed by atoms with Crippen LogP contribution in [0, 0.1) is 11.3 Å². The van der Waals surface area contributed by atoms with Crippen LogP contribution in [-0.2, 0) is 6.18 Å². The van der Waals surface area contributed by atoms with Gasteiger partial charge in [0.1, 0.15) is 0 Å². The van der Waals surface area contributed by atoms with Gasteiger partial charge in [-0.25, -0.2) is 0 Å². The monoisotopic (exact) mass is 356 g/mol. The van der Waals surface area contributed by atoms with Gasteiger partial charge in [0.05, 0.1) is 23.4 Å². The van der Waals surface area contributed by atoms with Crippen molar-refractivity contribution in [1.82, 2.24) is 15.2 Å². The fourth-order valence-electron chi connectivity index (χ4n) is 2.06. The van der Waals surface area contributed by atoms with Crippen LogP contribution in [0.15, 0.2) is 54.7 Å². The molecule has 0 bridgehead atoms. The molecule has 3 aromatic rings. The number of halogens is 3. The van der Waals surface area contributed by atoms with Gasteiger partial charge in [-0.1, -0.05) is 0 Å². The largest absolute Gasteiger partial charge is 0.416 e. The van der Waals surface area contributed by atoms with Crippen LogP contribution in [0.5, 0.6) is 0 Å². The molecule has 0 saturated carbocycles. The van der Waals surface area contributed by atoms with Crippen LogP contribution in [0.25, 0.3) is 0 Å². The number of alkyl halides is 3. The van der Waals surface area contributed by atoms with Crippen LogP contribution in [0.2, 0.25) is 0 Å². The van der Waals surface area contributed by atoms with Gasteiger partial charge < -0.3 is 10.6 Å². The van der Waals surface area contributed by atoms with E-state index in [0.29, 0.717) is 22.8 Å². The zero-order chi connectivity index (χ0) is 18.6. The maximum atomic E-state index is 12.6. The van der Waals surface area contributed by atoms with Gasteiger partial charge in [0.2, 0.25) is 5.95 Å². The second kappa shape index (κ2) is 7.06. The average Bonchev–Trinajstić information content (AvgIpc) is 2.62. The van der Waals surface area contributed by atoms with E-state index < -0.39 is 11.7 Å². The second-order valence-corrected chi connectivity index (χ2v) is 5.18. The molecule has 0 fully saturated rings. The zero-order valence-electron chi connectivity index (χ0n) is 13.1. The van der Waals surface area contributed by atoms with Crippen LogP contribution >= 0.6 is 0 Å². The van der Waals surface area contributed by atoms with E-state index in [1.165, 1.54) is 18.3 Å². The highest BCUT2D eigenvalue weighted by Gasteiger charge is 2.29. The minimum atomic E-state index is -4.38. The lowest BCUT2D eigenvalue weighted by molar-refractivity contribution is -0.137. The van der Waals surface area contributed by atoms with Crippen LogP contribution in [0.3, 0.4) is 0 Å². The van der Waals surface area contributed by atoms with Gasteiger partial charge >= 0.3 is 6.18 Å². The predicted octanol–water partition coefficient (Wildman–Crippen LogP) is 4.25. The second-order valence-electron chi connectivity index (χ2n) is 5.18. The lowest BCUT2D eigenvalue weighted by Crippen LogP contribution is -2.05. The maximum Gasteiger partial charge on any atom is 0.416 e. The van der Waals surface area contributed by atoms with E-state index in [4.69, 9.17) is 5.26 Å². The first-order chi connectivity index (χ1) is 12.4. The van der Waals surface area contributed by atoms with Gasteiger partial charge in [0, 0.05) is 11.4 Å². The highest BCUT2D eigenvalue weighted by atomic mass is 19.4. The zero-order valence-corrected chi connectivity index (χ0v) is 13.1. The third-order valence-corrected chi connectivity index (χ3v) is 3.31. The molecule has 0 aliphatic heterocycles. The first-order valence-corrected chi connectivity index (χ1v) is 7.35. The lowest BCUT2D eigenvalue weighted by Gasteiger charge is -2.09. The van der Waals surface area contributed by atoms with Crippen molar-refractivity contribution in [2.45, 2.75) is 6.18 Å². The molecule has 6 nitrogen and oxygen atoms in total. The summed E-state index contributed by atoms with van der Waals surface area (Å²) in [6.07, 6.45) is -3.03. The topological polar surface area (TPSA) is 86.5 Å². The molecule has 0 aliphatic carbocycles. The Balaban J connectivity index is 1.71. The molecule has 0 aliphatic rings. The Labute approximate surface area is 146 Å². The lowest BCUT2D eigenvalue weighted by atomic mass is 10.2. The van der Waals surface area contributed by atoms with Crippen molar-refractivity contribution in [3.8, 4) is 6.07 Å². The predicted molar refractivity (Wildman–Crippen MR) is 89.0 cm³/mol. The first-order valence-electron chi connectivity index (χ1n) is 7.35. The van der Waals surface area contributed by atoms with Crippen molar-refractivity contribution in [2.75, 3.05) is 10.6 Å².